The van der Waals surface area contributed by atoms with Crippen LogP contribution in [0.4, 0.5) is 5.69 Å². The van der Waals surface area contributed by atoms with E-state index in [0.717, 1.165) is 17.5 Å². The number of phenols is 1. The van der Waals surface area contributed by atoms with Crippen LogP contribution in [0.2, 0.25) is 10.0 Å². The maximum atomic E-state index is 12.3. The number of benzene rings is 2. The molecule has 6 heteroatoms. The number of aromatic hydroxyl groups is 1. The molecular formula is C21H25Cl2NO3. The summed E-state index contributed by atoms with van der Waals surface area (Å²) in [4.78, 5) is 12.3. The molecule has 1 amide bonds. The fraction of sp³-hybridized carbons (Fsp3) is 0.381. The molecule has 0 bridgehead atoms. The van der Waals surface area contributed by atoms with Crippen LogP contribution in [-0.2, 0) is 10.2 Å². The van der Waals surface area contributed by atoms with Crippen molar-refractivity contribution in [3.63, 3.8) is 0 Å². The van der Waals surface area contributed by atoms with Crippen LogP contribution < -0.4 is 10.1 Å². The number of amides is 1. The Morgan fingerprint density at radius 2 is 1.89 bits per heavy atom. The minimum Gasteiger partial charge on any atom is -0.504 e. The molecule has 2 aromatic rings. The van der Waals surface area contributed by atoms with Crippen LogP contribution in [0.1, 0.15) is 43.9 Å². The summed E-state index contributed by atoms with van der Waals surface area (Å²) < 4.78 is 5.78. The number of carbonyl (C=O) groups is 1. The lowest BCUT2D eigenvalue weighted by atomic mass is 9.81. The van der Waals surface area contributed by atoms with E-state index < -0.39 is 5.91 Å². The molecule has 0 saturated heterocycles. The van der Waals surface area contributed by atoms with Crippen molar-refractivity contribution in [2.45, 2.75) is 46.5 Å². The van der Waals surface area contributed by atoms with Crippen molar-refractivity contribution in [1.29, 1.82) is 0 Å². The first-order chi connectivity index (χ1) is 12.6. The number of ether oxygens (including phenoxy) is 1. The zero-order valence-electron chi connectivity index (χ0n) is 16.2. The molecule has 0 aliphatic carbocycles. The van der Waals surface area contributed by atoms with Gasteiger partial charge in [0.05, 0.1) is 10.7 Å². The summed E-state index contributed by atoms with van der Waals surface area (Å²) in [7, 11) is 0. The van der Waals surface area contributed by atoms with Crippen LogP contribution in [0.3, 0.4) is 0 Å². The van der Waals surface area contributed by atoms with E-state index in [4.69, 9.17) is 27.9 Å². The van der Waals surface area contributed by atoms with Gasteiger partial charge in [-0.3, -0.25) is 4.79 Å². The topological polar surface area (TPSA) is 58.6 Å². The van der Waals surface area contributed by atoms with Crippen LogP contribution in [-0.4, -0.2) is 17.6 Å². The zero-order chi connectivity index (χ0) is 20.4. The zero-order valence-corrected chi connectivity index (χ0v) is 17.8. The van der Waals surface area contributed by atoms with Gasteiger partial charge in [0, 0.05) is 10.6 Å². The van der Waals surface area contributed by atoms with Crippen LogP contribution >= 0.6 is 23.2 Å². The number of carbonyl (C=O) groups excluding carboxylic acids is 1. The van der Waals surface area contributed by atoms with E-state index in [-0.39, 0.29) is 28.5 Å². The van der Waals surface area contributed by atoms with Gasteiger partial charge in [0.25, 0.3) is 5.91 Å². The third kappa shape index (κ3) is 4.88. The van der Waals surface area contributed by atoms with Crippen molar-refractivity contribution in [1.82, 2.24) is 0 Å². The highest BCUT2D eigenvalue weighted by molar-refractivity contribution is 6.37. The van der Waals surface area contributed by atoms with Crippen molar-refractivity contribution >= 4 is 34.8 Å². The van der Waals surface area contributed by atoms with Crippen molar-refractivity contribution in [3.05, 3.63) is 51.0 Å². The molecule has 0 unspecified atom stereocenters. The summed E-state index contributed by atoms with van der Waals surface area (Å²) in [6, 6.07) is 7.38. The number of rotatable bonds is 6. The standard InChI is InChI=1S/C21H25Cl2NO3/c1-6-21(4,5)14-9-12(2)7-8-17(14)27-11-18(25)24-16-10-15(22)13(3)19(23)20(16)26/h7-10,26H,6,11H2,1-5H3,(H,24,25). The van der Waals surface area contributed by atoms with Gasteiger partial charge in [0.1, 0.15) is 5.75 Å². The van der Waals surface area contributed by atoms with Crippen LogP contribution in [0, 0.1) is 13.8 Å². The molecule has 2 N–H and O–H groups in total. The normalized spacial score (nSPS) is 11.4. The molecule has 0 spiro atoms. The lowest BCUT2D eigenvalue weighted by Gasteiger charge is -2.26. The van der Waals surface area contributed by atoms with Crippen molar-refractivity contribution < 1.29 is 14.6 Å². The lowest BCUT2D eigenvalue weighted by molar-refractivity contribution is -0.118. The number of aryl methyl sites for hydroxylation is 1. The van der Waals surface area contributed by atoms with Crippen LogP contribution in [0.15, 0.2) is 24.3 Å². The minimum absolute atomic E-state index is 0.0753. The Balaban J connectivity index is 2.16. The molecule has 0 fully saturated rings. The second-order valence-corrected chi connectivity index (χ2v) is 8.05. The van der Waals surface area contributed by atoms with E-state index in [0.29, 0.717) is 16.3 Å². The Labute approximate surface area is 170 Å². The fourth-order valence-electron chi connectivity index (χ4n) is 2.62. The molecule has 27 heavy (non-hydrogen) atoms. The van der Waals surface area contributed by atoms with E-state index in [1.165, 1.54) is 6.07 Å². The second-order valence-electron chi connectivity index (χ2n) is 7.27. The molecule has 2 aromatic carbocycles. The van der Waals surface area contributed by atoms with Gasteiger partial charge in [-0.05, 0) is 43.4 Å². The van der Waals surface area contributed by atoms with E-state index in [1.54, 1.807) is 6.92 Å². The second kappa shape index (κ2) is 8.41. The summed E-state index contributed by atoms with van der Waals surface area (Å²) in [5.41, 5.74) is 2.83. The van der Waals surface area contributed by atoms with Gasteiger partial charge < -0.3 is 15.2 Å². The van der Waals surface area contributed by atoms with Gasteiger partial charge in [-0.1, -0.05) is 61.7 Å². The predicted octanol–water partition coefficient (Wildman–Crippen LogP) is 6.02. The van der Waals surface area contributed by atoms with Gasteiger partial charge in [-0.25, -0.2) is 0 Å². The van der Waals surface area contributed by atoms with E-state index >= 15 is 0 Å². The highest BCUT2D eigenvalue weighted by atomic mass is 35.5. The summed E-state index contributed by atoms with van der Waals surface area (Å²) in [5.74, 6) is 0.0453. The van der Waals surface area contributed by atoms with E-state index in [2.05, 4.69) is 32.2 Å². The monoisotopic (exact) mass is 409 g/mol. The highest BCUT2D eigenvalue weighted by Crippen LogP contribution is 2.39. The van der Waals surface area contributed by atoms with Gasteiger partial charge in [0.15, 0.2) is 12.4 Å². The minimum atomic E-state index is -0.415. The van der Waals surface area contributed by atoms with Crippen molar-refractivity contribution in [2.24, 2.45) is 0 Å². The Hall–Kier alpha value is -1.91. The van der Waals surface area contributed by atoms with Crippen molar-refractivity contribution in [2.75, 3.05) is 11.9 Å². The highest BCUT2D eigenvalue weighted by Gasteiger charge is 2.23. The molecule has 0 saturated carbocycles. The molecule has 0 heterocycles. The average Bonchev–Trinajstić information content (AvgIpc) is 2.63. The van der Waals surface area contributed by atoms with Crippen LogP contribution in [0.5, 0.6) is 11.5 Å². The van der Waals surface area contributed by atoms with Gasteiger partial charge in [-0.2, -0.15) is 0 Å². The maximum absolute atomic E-state index is 12.3. The Kier molecular flexibility index (Phi) is 6.66. The number of nitrogens with one attached hydrogen (secondary N) is 1. The third-order valence-electron chi connectivity index (χ3n) is 4.80. The quantitative estimate of drug-likeness (QED) is 0.573. The number of hydrogen-bond donors (Lipinski definition) is 2. The number of halogens is 2. The van der Waals surface area contributed by atoms with Crippen LogP contribution in [0.25, 0.3) is 0 Å². The summed E-state index contributed by atoms with van der Waals surface area (Å²) in [6.45, 7) is 9.92. The summed E-state index contributed by atoms with van der Waals surface area (Å²) in [5, 5.41) is 13.2. The van der Waals surface area contributed by atoms with E-state index in [1.807, 2.05) is 19.1 Å². The maximum Gasteiger partial charge on any atom is 0.262 e. The molecule has 0 aliphatic rings. The fourth-order valence-corrected chi connectivity index (χ4v) is 3.07. The Morgan fingerprint density at radius 1 is 1.22 bits per heavy atom. The average molecular weight is 410 g/mol. The smallest absolute Gasteiger partial charge is 0.262 e. The molecule has 0 atom stereocenters. The SMILES string of the molecule is CCC(C)(C)c1cc(C)ccc1OCC(=O)Nc1cc(Cl)c(C)c(Cl)c1O. The molecule has 0 aromatic heterocycles. The van der Waals surface area contributed by atoms with Gasteiger partial charge in [-0.15, -0.1) is 0 Å². The first-order valence-electron chi connectivity index (χ1n) is 8.78. The molecule has 4 nitrogen and oxygen atoms in total. The summed E-state index contributed by atoms with van der Waals surface area (Å²) >= 11 is 12.1. The van der Waals surface area contributed by atoms with Crippen molar-refractivity contribution in [3.8, 4) is 11.5 Å². The first kappa shape index (κ1) is 21.4. The molecule has 0 aliphatic heterocycles. The number of phenolic OH excluding ortho intramolecular Hbond substituents is 1. The Bertz CT molecular complexity index is 863. The lowest BCUT2D eigenvalue weighted by Crippen LogP contribution is -2.23. The summed E-state index contributed by atoms with van der Waals surface area (Å²) in [6.07, 6.45) is 0.938. The van der Waals surface area contributed by atoms with Gasteiger partial charge >= 0.3 is 0 Å². The molecule has 0 radical (unpaired) electrons. The van der Waals surface area contributed by atoms with E-state index in [9.17, 15) is 9.90 Å². The molecule has 2 rings (SSSR count). The largest absolute Gasteiger partial charge is 0.504 e. The molecular weight excluding hydrogens is 385 g/mol. The van der Waals surface area contributed by atoms with Gasteiger partial charge in [0.2, 0.25) is 0 Å². The third-order valence-corrected chi connectivity index (χ3v) is 5.66. The molecule has 146 valence electrons. The number of anilines is 1. The first-order valence-corrected chi connectivity index (χ1v) is 9.53. The predicted molar refractivity (Wildman–Crippen MR) is 111 cm³/mol. The number of hydrogen-bond acceptors (Lipinski definition) is 3. The Morgan fingerprint density at radius 3 is 2.52 bits per heavy atom.